The van der Waals surface area contributed by atoms with Gasteiger partial charge in [-0.3, -0.25) is 4.99 Å². The van der Waals surface area contributed by atoms with Gasteiger partial charge in [-0.2, -0.15) is 0 Å². The summed E-state index contributed by atoms with van der Waals surface area (Å²) in [6.07, 6.45) is 3.46. The average Bonchev–Trinajstić information content (AvgIpc) is 3.16. The van der Waals surface area contributed by atoms with Gasteiger partial charge in [-0.1, -0.05) is 18.2 Å². The molecule has 0 fully saturated rings. The molecule has 1 aromatic heterocycles. The summed E-state index contributed by atoms with van der Waals surface area (Å²) in [6.45, 7) is 3.12. The lowest BCUT2D eigenvalue weighted by Crippen LogP contribution is -2.39. The molecule has 0 aliphatic rings. The van der Waals surface area contributed by atoms with Crippen LogP contribution in [0.15, 0.2) is 63.0 Å². The number of methoxy groups -OCH3 is 1. The molecular formula is C19H27N3O2S. The van der Waals surface area contributed by atoms with E-state index in [2.05, 4.69) is 39.9 Å². The fourth-order valence-electron chi connectivity index (χ4n) is 2.19. The first kappa shape index (κ1) is 19.4. The van der Waals surface area contributed by atoms with Crippen molar-refractivity contribution in [2.24, 2.45) is 4.99 Å². The quantitative estimate of drug-likeness (QED) is 0.279. The van der Waals surface area contributed by atoms with Crippen molar-refractivity contribution in [3.63, 3.8) is 0 Å². The van der Waals surface area contributed by atoms with Crippen molar-refractivity contribution in [2.75, 3.05) is 39.1 Å². The van der Waals surface area contributed by atoms with Gasteiger partial charge in [0.15, 0.2) is 5.96 Å². The Bertz CT molecular complexity index is 588. The molecule has 0 saturated heterocycles. The van der Waals surface area contributed by atoms with E-state index in [0.29, 0.717) is 0 Å². The third kappa shape index (κ3) is 8.65. The standard InChI is InChI=1S/C19H27N3O2S/c1-23-14-6-11-20-19(21-12-10-17-7-5-15-24-17)22-13-16-25-18-8-3-2-4-9-18/h2-5,7-9,15H,6,10-14,16H2,1H3,(H2,20,21,22). The van der Waals surface area contributed by atoms with Crippen molar-refractivity contribution < 1.29 is 9.15 Å². The number of ether oxygens (including phenoxy) is 1. The van der Waals surface area contributed by atoms with Crippen LogP contribution in [0.2, 0.25) is 0 Å². The highest BCUT2D eigenvalue weighted by Crippen LogP contribution is 2.15. The topological polar surface area (TPSA) is 58.8 Å². The van der Waals surface area contributed by atoms with Gasteiger partial charge in [0.2, 0.25) is 0 Å². The Morgan fingerprint density at radius 3 is 2.72 bits per heavy atom. The third-order valence-corrected chi connectivity index (χ3v) is 4.44. The van der Waals surface area contributed by atoms with E-state index in [9.17, 15) is 0 Å². The minimum Gasteiger partial charge on any atom is -0.469 e. The minimum atomic E-state index is 0.729. The smallest absolute Gasteiger partial charge is 0.191 e. The van der Waals surface area contributed by atoms with E-state index < -0.39 is 0 Å². The van der Waals surface area contributed by atoms with Crippen LogP contribution in [-0.4, -0.2) is 45.1 Å². The van der Waals surface area contributed by atoms with Crippen LogP contribution in [0.25, 0.3) is 0 Å². The van der Waals surface area contributed by atoms with Crippen LogP contribution in [0.3, 0.4) is 0 Å². The van der Waals surface area contributed by atoms with Crippen molar-refractivity contribution in [3.05, 3.63) is 54.5 Å². The van der Waals surface area contributed by atoms with Crippen LogP contribution in [0.1, 0.15) is 12.2 Å². The number of nitrogens with zero attached hydrogens (tertiary/aromatic N) is 1. The summed E-state index contributed by atoms with van der Waals surface area (Å²) in [6, 6.07) is 14.3. The van der Waals surface area contributed by atoms with Crippen LogP contribution < -0.4 is 10.6 Å². The number of benzene rings is 1. The van der Waals surface area contributed by atoms with Crippen molar-refractivity contribution in [2.45, 2.75) is 17.7 Å². The van der Waals surface area contributed by atoms with Crippen molar-refractivity contribution in [1.82, 2.24) is 10.6 Å². The zero-order chi connectivity index (χ0) is 17.6. The Morgan fingerprint density at radius 2 is 1.96 bits per heavy atom. The average molecular weight is 362 g/mol. The summed E-state index contributed by atoms with van der Waals surface area (Å²) in [5.74, 6) is 2.81. The molecule has 0 aliphatic carbocycles. The molecule has 25 heavy (non-hydrogen) atoms. The van der Waals surface area contributed by atoms with Crippen LogP contribution in [0, 0.1) is 0 Å². The van der Waals surface area contributed by atoms with Crippen molar-refractivity contribution in [3.8, 4) is 0 Å². The molecule has 0 amide bonds. The molecule has 0 radical (unpaired) electrons. The number of guanidine groups is 1. The number of aliphatic imine (C=N–C) groups is 1. The molecule has 2 aromatic rings. The molecule has 6 heteroatoms. The highest BCUT2D eigenvalue weighted by Gasteiger charge is 2.01. The lowest BCUT2D eigenvalue weighted by molar-refractivity contribution is 0.197. The van der Waals surface area contributed by atoms with Crippen molar-refractivity contribution >= 4 is 17.7 Å². The van der Waals surface area contributed by atoms with Crippen LogP contribution in [-0.2, 0) is 11.2 Å². The van der Waals surface area contributed by atoms with E-state index >= 15 is 0 Å². The predicted octanol–water partition coefficient (Wildman–Crippen LogP) is 3.19. The summed E-state index contributed by atoms with van der Waals surface area (Å²) in [7, 11) is 1.71. The van der Waals surface area contributed by atoms with Gasteiger partial charge < -0.3 is 19.8 Å². The van der Waals surface area contributed by atoms with E-state index in [1.165, 1.54) is 4.90 Å². The second-order valence-electron chi connectivity index (χ2n) is 5.42. The molecule has 0 spiro atoms. The van der Waals surface area contributed by atoms with Gasteiger partial charge in [0, 0.05) is 50.4 Å². The molecular weight excluding hydrogens is 334 g/mol. The van der Waals surface area contributed by atoms with Crippen LogP contribution in [0.5, 0.6) is 0 Å². The Balaban J connectivity index is 1.70. The molecule has 0 bridgehead atoms. The molecule has 2 rings (SSSR count). The van der Waals surface area contributed by atoms with Gasteiger partial charge in [-0.25, -0.2) is 0 Å². The van der Waals surface area contributed by atoms with Gasteiger partial charge in [0.05, 0.1) is 6.26 Å². The van der Waals surface area contributed by atoms with Gasteiger partial charge in [-0.15, -0.1) is 11.8 Å². The molecule has 136 valence electrons. The van der Waals surface area contributed by atoms with E-state index in [4.69, 9.17) is 9.15 Å². The number of thioether (sulfide) groups is 1. The fraction of sp³-hybridized carbons (Fsp3) is 0.421. The Morgan fingerprint density at radius 1 is 1.12 bits per heavy atom. The minimum absolute atomic E-state index is 0.729. The SMILES string of the molecule is COCCCN=C(NCCSc1ccccc1)NCCc1ccco1. The predicted molar refractivity (Wildman–Crippen MR) is 104 cm³/mol. The molecule has 0 unspecified atom stereocenters. The van der Waals surface area contributed by atoms with E-state index in [0.717, 1.165) is 56.6 Å². The first-order valence-electron chi connectivity index (χ1n) is 8.60. The Kier molecular flexibility index (Phi) is 9.66. The van der Waals surface area contributed by atoms with Gasteiger partial charge in [-0.05, 0) is 30.7 Å². The second kappa shape index (κ2) is 12.4. The highest BCUT2D eigenvalue weighted by atomic mass is 32.2. The highest BCUT2D eigenvalue weighted by molar-refractivity contribution is 7.99. The number of nitrogens with one attached hydrogen (secondary N) is 2. The zero-order valence-corrected chi connectivity index (χ0v) is 15.6. The number of hydrogen-bond acceptors (Lipinski definition) is 4. The van der Waals surface area contributed by atoms with Gasteiger partial charge in [0.25, 0.3) is 0 Å². The normalized spacial score (nSPS) is 11.5. The lowest BCUT2D eigenvalue weighted by Gasteiger charge is -2.12. The van der Waals surface area contributed by atoms with Gasteiger partial charge in [0.1, 0.15) is 5.76 Å². The maximum absolute atomic E-state index is 5.36. The Labute approximate surface area is 154 Å². The molecule has 0 saturated carbocycles. The molecule has 1 aromatic carbocycles. The monoisotopic (exact) mass is 361 g/mol. The molecule has 5 nitrogen and oxygen atoms in total. The Hall–Kier alpha value is -1.92. The summed E-state index contributed by atoms with van der Waals surface area (Å²) in [4.78, 5) is 5.88. The summed E-state index contributed by atoms with van der Waals surface area (Å²) in [5.41, 5.74) is 0. The van der Waals surface area contributed by atoms with E-state index in [-0.39, 0.29) is 0 Å². The number of furan rings is 1. The molecule has 2 N–H and O–H groups in total. The first-order chi connectivity index (χ1) is 12.4. The number of rotatable bonds is 11. The maximum atomic E-state index is 5.36. The fourth-order valence-corrected chi connectivity index (χ4v) is 2.98. The van der Waals surface area contributed by atoms with E-state index in [1.54, 1.807) is 13.4 Å². The molecule has 0 atom stereocenters. The summed E-state index contributed by atoms with van der Waals surface area (Å²) < 4.78 is 10.4. The van der Waals surface area contributed by atoms with Crippen molar-refractivity contribution in [1.29, 1.82) is 0 Å². The third-order valence-electron chi connectivity index (χ3n) is 3.43. The maximum Gasteiger partial charge on any atom is 0.191 e. The molecule has 1 heterocycles. The van der Waals surface area contributed by atoms with Crippen LogP contribution >= 0.6 is 11.8 Å². The molecule has 0 aliphatic heterocycles. The first-order valence-corrected chi connectivity index (χ1v) is 9.58. The lowest BCUT2D eigenvalue weighted by atomic mass is 10.3. The summed E-state index contributed by atoms with van der Waals surface area (Å²) >= 11 is 1.84. The number of hydrogen-bond donors (Lipinski definition) is 2. The zero-order valence-electron chi connectivity index (χ0n) is 14.7. The summed E-state index contributed by atoms with van der Waals surface area (Å²) in [5, 5.41) is 6.76. The van der Waals surface area contributed by atoms with Gasteiger partial charge >= 0.3 is 0 Å². The second-order valence-corrected chi connectivity index (χ2v) is 6.59. The largest absolute Gasteiger partial charge is 0.469 e. The van der Waals surface area contributed by atoms with Crippen LogP contribution in [0.4, 0.5) is 0 Å². The van der Waals surface area contributed by atoms with E-state index in [1.807, 2.05) is 30.0 Å².